The number of anilines is 2. The second-order valence-corrected chi connectivity index (χ2v) is 4.76. The molecule has 0 aliphatic carbocycles. The van der Waals surface area contributed by atoms with E-state index in [-0.39, 0.29) is 0 Å². The van der Waals surface area contributed by atoms with Crippen molar-refractivity contribution < 1.29 is 0 Å². The minimum Gasteiger partial charge on any atom is -0.399 e. The fourth-order valence-electron chi connectivity index (χ4n) is 1.62. The first-order valence-electron chi connectivity index (χ1n) is 5.47. The number of nitrogen functional groups attached to an aromatic ring is 1. The van der Waals surface area contributed by atoms with E-state index in [0.29, 0.717) is 12.1 Å². The highest BCUT2D eigenvalue weighted by atomic mass is 79.9. The standard InChI is InChI=1S/C14H12BrN3/c15-14-7-13(5-4-11(14)8-16)18-9-10-2-1-3-12(17)6-10/h1-7,18H,9,17H2. The van der Waals surface area contributed by atoms with Crippen LogP contribution in [-0.4, -0.2) is 0 Å². The number of nitrogens with one attached hydrogen (secondary N) is 1. The highest BCUT2D eigenvalue weighted by molar-refractivity contribution is 9.10. The molecule has 90 valence electrons. The summed E-state index contributed by atoms with van der Waals surface area (Å²) in [5.41, 5.74) is 9.19. The number of benzene rings is 2. The number of hydrogen-bond acceptors (Lipinski definition) is 3. The Hall–Kier alpha value is -1.99. The van der Waals surface area contributed by atoms with E-state index in [0.717, 1.165) is 21.4 Å². The van der Waals surface area contributed by atoms with Gasteiger partial charge in [0, 0.05) is 22.4 Å². The van der Waals surface area contributed by atoms with Gasteiger partial charge in [-0.05, 0) is 51.8 Å². The summed E-state index contributed by atoms with van der Waals surface area (Å²) in [5.74, 6) is 0. The molecule has 2 aromatic carbocycles. The van der Waals surface area contributed by atoms with E-state index in [1.165, 1.54) is 0 Å². The highest BCUT2D eigenvalue weighted by Gasteiger charge is 2.00. The molecular formula is C14H12BrN3. The molecular weight excluding hydrogens is 290 g/mol. The van der Waals surface area contributed by atoms with Crippen LogP contribution in [0.15, 0.2) is 46.9 Å². The Kier molecular flexibility index (Phi) is 3.85. The zero-order valence-corrected chi connectivity index (χ0v) is 11.2. The number of halogens is 1. The number of nitrogens with zero attached hydrogens (tertiary/aromatic N) is 1. The van der Waals surface area contributed by atoms with Crippen LogP contribution in [0.3, 0.4) is 0 Å². The third kappa shape index (κ3) is 3.02. The monoisotopic (exact) mass is 301 g/mol. The van der Waals surface area contributed by atoms with Crippen LogP contribution < -0.4 is 11.1 Å². The summed E-state index contributed by atoms with van der Waals surface area (Å²) in [4.78, 5) is 0. The van der Waals surface area contributed by atoms with E-state index in [2.05, 4.69) is 27.3 Å². The van der Waals surface area contributed by atoms with Crippen molar-refractivity contribution in [1.82, 2.24) is 0 Å². The lowest BCUT2D eigenvalue weighted by molar-refractivity contribution is 1.15. The van der Waals surface area contributed by atoms with Crippen LogP contribution in [0.1, 0.15) is 11.1 Å². The van der Waals surface area contributed by atoms with E-state index >= 15 is 0 Å². The topological polar surface area (TPSA) is 61.8 Å². The summed E-state index contributed by atoms with van der Waals surface area (Å²) in [6, 6.07) is 15.4. The van der Waals surface area contributed by atoms with Gasteiger partial charge in [0.2, 0.25) is 0 Å². The predicted molar refractivity (Wildman–Crippen MR) is 77.0 cm³/mol. The minimum atomic E-state index is 0.629. The van der Waals surface area contributed by atoms with E-state index in [1.54, 1.807) is 6.07 Å². The number of nitrogens with two attached hydrogens (primary N) is 1. The van der Waals surface area contributed by atoms with Gasteiger partial charge in [0.1, 0.15) is 6.07 Å². The zero-order valence-electron chi connectivity index (χ0n) is 9.65. The van der Waals surface area contributed by atoms with Crippen LogP contribution in [0.5, 0.6) is 0 Å². The molecule has 0 unspecified atom stereocenters. The van der Waals surface area contributed by atoms with Crippen molar-refractivity contribution >= 4 is 27.3 Å². The van der Waals surface area contributed by atoms with Gasteiger partial charge in [-0.2, -0.15) is 5.26 Å². The molecule has 0 aliphatic heterocycles. The van der Waals surface area contributed by atoms with Gasteiger partial charge in [-0.1, -0.05) is 12.1 Å². The molecule has 2 aromatic rings. The normalized spacial score (nSPS) is 9.78. The summed E-state index contributed by atoms with van der Waals surface area (Å²) in [7, 11) is 0. The fourth-order valence-corrected chi connectivity index (χ4v) is 2.09. The number of rotatable bonds is 3. The van der Waals surface area contributed by atoms with E-state index < -0.39 is 0 Å². The summed E-state index contributed by atoms with van der Waals surface area (Å²) in [6.07, 6.45) is 0. The molecule has 0 bridgehead atoms. The first-order chi connectivity index (χ1) is 8.69. The summed E-state index contributed by atoms with van der Waals surface area (Å²) >= 11 is 3.36. The van der Waals surface area contributed by atoms with Crippen molar-refractivity contribution in [2.75, 3.05) is 11.1 Å². The Morgan fingerprint density at radius 2 is 2.06 bits per heavy atom. The summed E-state index contributed by atoms with van der Waals surface area (Å²) in [6.45, 7) is 0.698. The smallest absolute Gasteiger partial charge is 0.100 e. The van der Waals surface area contributed by atoms with Crippen LogP contribution in [0.25, 0.3) is 0 Å². The molecule has 3 N–H and O–H groups in total. The molecule has 4 heteroatoms. The van der Waals surface area contributed by atoms with Crippen LogP contribution in [0, 0.1) is 11.3 Å². The van der Waals surface area contributed by atoms with Crippen molar-refractivity contribution in [2.45, 2.75) is 6.54 Å². The van der Waals surface area contributed by atoms with Gasteiger partial charge in [0.05, 0.1) is 5.56 Å². The molecule has 0 aliphatic rings. The third-order valence-electron chi connectivity index (χ3n) is 2.54. The molecule has 3 nitrogen and oxygen atoms in total. The average molecular weight is 302 g/mol. The van der Waals surface area contributed by atoms with Crippen LogP contribution in [0.4, 0.5) is 11.4 Å². The fraction of sp³-hybridized carbons (Fsp3) is 0.0714. The second kappa shape index (κ2) is 5.56. The first kappa shape index (κ1) is 12.5. The molecule has 0 radical (unpaired) electrons. The maximum absolute atomic E-state index is 8.83. The molecule has 18 heavy (non-hydrogen) atoms. The molecule has 0 saturated carbocycles. The minimum absolute atomic E-state index is 0.629. The molecule has 0 atom stereocenters. The Balaban J connectivity index is 2.07. The van der Waals surface area contributed by atoms with Crippen LogP contribution >= 0.6 is 15.9 Å². The zero-order chi connectivity index (χ0) is 13.0. The first-order valence-corrected chi connectivity index (χ1v) is 6.26. The second-order valence-electron chi connectivity index (χ2n) is 3.91. The van der Waals surface area contributed by atoms with Gasteiger partial charge < -0.3 is 11.1 Å². The summed E-state index contributed by atoms with van der Waals surface area (Å²) < 4.78 is 0.794. The number of hydrogen-bond donors (Lipinski definition) is 2. The van der Waals surface area contributed by atoms with E-state index in [4.69, 9.17) is 11.0 Å². The van der Waals surface area contributed by atoms with Crippen LogP contribution in [-0.2, 0) is 6.54 Å². The van der Waals surface area contributed by atoms with E-state index in [1.807, 2.05) is 36.4 Å². The Labute approximate surface area is 114 Å². The Bertz CT molecular complexity index is 602. The molecule has 0 amide bonds. The maximum Gasteiger partial charge on any atom is 0.100 e. The lowest BCUT2D eigenvalue weighted by atomic mass is 10.2. The number of nitriles is 1. The quantitative estimate of drug-likeness (QED) is 0.853. The lowest BCUT2D eigenvalue weighted by Crippen LogP contribution is -2.00. The molecule has 0 spiro atoms. The largest absolute Gasteiger partial charge is 0.399 e. The van der Waals surface area contributed by atoms with Crippen LogP contribution in [0.2, 0.25) is 0 Å². The third-order valence-corrected chi connectivity index (χ3v) is 3.19. The highest BCUT2D eigenvalue weighted by Crippen LogP contribution is 2.21. The van der Waals surface area contributed by atoms with Crippen molar-refractivity contribution in [3.63, 3.8) is 0 Å². The lowest BCUT2D eigenvalue weighted by Gasteiger charge is -2.08. The van der Waals surface area contributed by atoms with Gasteiger partial charge in [-0.3, -0.25) is 0 Å². The van der Waals surface area contributed by atoms with Crippen molar-refractivity contribution in [3.8, 4) is 6.07 Å². The molecule has 0 heterocycles. The maximum atomic E-state index is 8.83. The van der Waals surface area contributed by atoms with Crippen molar-refractivity contribution in [2.24, 2.45) is 0 Å². The van der Waals surface area contributed by atoms with Crippen molar-refractivity contribution in [1.29, 1.82) is 5.26 Å². The van der Waals surface area contributed by atoms with Gasteiger partial charge in [0.25, 0.3) is 0 Å². The van der Waals surface area contributed by atoms with Gasteiger partial charge >= 0.3 is 0 Å². The predicted octanol–water partition coefficient (Wildman–Crippen LogP) is 3.52. The SMILES string of the molecule is N#Cc1ccc(NCc2cccc(N)c2)cc1Br. The Morgan fingerprint density at radius 3 is 2.72 bits per heavy atom. The molecule has 2 rings (SSSR count). The van der Waals surface area contributed by atoms with E-state index in [9.17, 15) is 0 Å². The Morgan fingerprint density at radius 1 is 1.22 bits per heavy atom. The van der Waals surface area contributed by atoms with Gasteiger partial charge in [-0.25, -0.2) is 0 Å². The molecule has 0 aromatic heterocycles. The van der Waals surface area contributed by atoms with Gasteiger partial charge in [0.15, 0.2) is 0 Å². The molecule has 0 saturated heterocycles. The molecule has 0 fully saturated rings. The van der Waals surface area contributed by atoms with Crippen molar-refractivity contribution in [3.05, 3.63) is 58.1 Å². The summed E-state index contributed by atoms with van der Waals surface area (Å²) in [5, 5.41) is 12.1. The average Bonchev–Trinajstić information content (AvgIpc) is 2.37. The van der Waals surface area contributed by atoms with Gasteiger partial charge in [-0.15, -0.1) is 0 Å².